The summed E-state index contributed by atoms with van der Waals surface area (Å²) < 4.78 is 62.1. The van der Waals surface area contributed by atoms with Crippen molar-refractivity contribution in [2.24, 2.45) is 5.92 Å². The van der Waals surface area contributed by atoms with Crippen molar-refractivity contribution in [2.75, 3.05) is 33.1 Å². The van der Waals surface area contributed by atoms with Gasteiger partial charge in [0, 0.05) is 38.2 Å². The molecule has 2 atom stereocenters. The van der Waals surface area contributed by atoms with E-state index in [-0.39, 0.29) is 47.9 Å². The zero-order valence-electron chi connectivity index (χ0n) is 29.4. The number of carbonyl (C=O) groups is 1. The van der Waals surface area contributed by atoms with Crippen LogP contribution >= 0.6 is 0 Å². The van der Waals surface area contributed by atoms with Gasteiger partial charge in [0.05, 0.1) is 29.9 Å². The number of fused-ring (bicyclic) bond motifs is 1. The van der Waals surface area contributed by atoms with E-state index in [1.54, 1.807) is 6.07 Å². The van der Waals surface area contributed by atoms with E-state index in [1.807, 2.05) is 38.1 Å². The molecule has 49 heavy (non-hydrogen) atoms. The predicted molar refractivity (Wildman–Crippen MR) is 187 cm³/mol. The summed E-state index contributed by atoms with van der Waals surface area (Å²) in [7, 11) is -5.88. The molecular weight excluding hydrogens is 669 g/mol. The van der Waals surface area contributed by atoms with E-state index in [2.05, 4.69) is 39.2 Å². The molecule has 2 N–H and O–H groups in total. The molecule has 0 unspecified atom stereocenters. The van der Waals surface area contributed by atoms with Crippen molar-refractivity contribution >= 4 is 24.4 Å². The third kappa shape index (κ3) is 10.7. The summed E-state index contributed by atoms with van der Waals surface area (Å²) in [5.74, 6) is 1.60. The van der Waals surface area contributed by atoms with Crippen molar-refractivity contribution in [1.82, 2.24) is 9.62 Å². The maximum atomic E-state index is 13.9. The molecule has 14 heteroatoms. The lowest BCUT2D eigenvalue weighted by molar-refractivity contribution is 0.0991. The molecule has 0 bridgehead atoms. The molecule has 1 aliphatic heterocycles. The Balaban J connectivity index is 1.44. The van der Waals surface area contributed by atoms with E-state index in [4.69, 9.17) is 27.8 Å². The molecule has 0 aliphatic carbocycles. The fourth-order valence-corrected chi connectivity index (χ4v) is 7.58. The number of hydrogen-bond donors (Lipinski definition) is 2. The van der Waals surface area contributed by atoms with Gasteiger partial charge in [-0.3, -0.25) is 0 Å². The average Bonchev–Trinajstić information content (AvgIpc) is 3.72. The first-order valence-electron chi connectivity index (χ1n) is 16.5. The Morgan fingerprint density at radius 3 is 2.37 bits per heavy atom. The van der Waals surface area contributed by atoms with E-state index < -0.39 is 36.6 Å². The highest BCUT2D eigenvalue weighted by atomic mass is 32.2. The van der Waals surface area contributed by atoms with Crippen molar-refractivity contribution in [3.8, 4) is 23.0 Å². The molecule has 0 fully saturated rings. The van der Waals surface area contributed by atoms with Crippen molar-refractivity contribution < 1.29 is 46.1 Å². The summed E-state index contributed by atoms with van der Waals surface area (Å²) in [5.41, 5.74) is 0.787. The number of rotatable bonds is 17. The summed E-state index contributed by atoms with van der Waals surface area (Å²) >= 11 is 0. The first-order valence-corrected chi connectivity index (χ1v) is 20.8. The van der Waals surface area contributed by atoms with Gasteiger partial charge in [0.25, 0.3) is 0 Å². The van der Waals surface area contributed by atoms with E-state index in [0.29, 0.717) is 30.5 Å². The highest BCUT2D eigenvalue weighted by Gasteiger charge is 2.37. The zero-order valence-corrected chi connectivity index (χ0v) is 31.2. The minimum absolute atomic E-state index is 0.00894. The van der Waals surface area contributed by atoms with Crippen LogP contribution in [0.2, 0.25) is 18.1 Å². The molecule has 0 saturated heterocycles. The smallest absolute Gasteiger partial charge is 0.413 e. The van der Waals surface area contributed by atoms with E-state index >= 15 is 0 Å². The quantitative estimate of drug-likeness (QED) is 0.122. The molecule has 2 aromatic carbocycles. The van der Waals surface area contributed by atoms with Crippen LogP contribution in [0.4, 0.5) is 4.79 Å². The lowest BCUT2D eigenvalue weighted by atomic mass is 10.0. The van der Waals surface area contributed by atoms with Crippen LogP contribution in [0.15, 0.2) is 70.4 Å². The van der Waals surface area contributed by atoms with Gasteiger partial charge in [0.2, 0.25) is 16.8 Å². The summed E-state index contributed by atoms with van der Waals surface area (Å²) in [6.45, 7) is 15.8. The number of sulfonamides is 1. The van der Waals surface area contributed by atoms with Crippen LogP contribution in [-0.4, -0.2) is 77.5 Å². The number of nitrogens with one attached hydrogen (secondary N) is 1. The highest BCUT2D eigenvalue weighted by molar-refractivity contribution is 7.89. The number of furan rings is 1. The van der Waals surface area contributed by atoms with E-state index in [1.165, 1.54) is 35.0 Å². The van der Waals surface area contributed by atoms with Crippen LogP contribution in [0.5, 0.6) is 23.0 Å². The second-order valence-electron chi connectivity index (χ2n) is 14.1. The number of benzene rings is 2. The predicted octanol–water partition coefficient (Wildman–Crippen LogP) is 6.21. The zero-order chi connectivity index (χ0) is 35.8. The second-order valence-corrected chi connectivity index (χ2v) is 20.8. The Labute approximate surface area is 290 Å². The van der Waals surface area contributed by atoms with Crippen LogP contribution in [0.3, 0.4) is 0 Å². The van der Waals surface area contributed by atoms with E-state index in [0.717, 1.165) is 12.0 Å². The molecule has 1 aromatic heterocycles. The summed E-state index contributed by atoms with van der Waals surface area (Å²) in [5, 5.41) is 14.4. The number of nitrogens with zero attached hydrogens (tertiary/aromatic N) is 1. The van der Waals surface area contributed by atoms with Gasteiger partial charge >= 0.3 is 6.09 Å². The Bertz CT molecular complexity index is 1610. The van der Waals surface area contributed by atoms with Crippen molar-refractivity contribution in [2.45, 2.75) is 82.6 Å². The van der Waals surface area contributed by atoms with Crippen LogP contribution in [0.25, 0.3) is 0 Å². The number of ether oxygens (including phenoxy) is 4. The molecule has 12 nitrogen and oxygen atoms in total. The van der Waals surface area contributed by atoms with Gasteiger partial charge in [-0.2, -0.15) is 4.31 Å². The molecule has 1 aliphatic rings. The lowest BCUT2D eigenvalue weighted by Gasteiger charge is -2.36. The molecule has 0 saturated carbocycles. The van der Waals surface area contributed by atoms with Gasteiger partial charge in [-0.1, -0.05) is 46.8 Å². The molecule has 3 aromatic rings. The first-order chi connectivity index (χ1) is 23.0. The highest BCUT2D eigenvalue weighted by Crippen LogP contribution is 2.37. The van der Waals surface area contributed by atoms with Gasteiger partial charge in [-0.25, -0.2) is 13.2 Å². The van der Waals surface area contributed by atoms with E-state index in [9.17, 15) is 18.3 Å². The second kappa shape index (κ2) is 16.4. The maximum absolute atomic E-state index is 13.9. The number of carbonyl (C=O) groups excluding carboxylic acids is 1. The normalized spacial score (nSPS) is 14.6. The van der Waals surface area contributed by atoms with Gasteiger partial charge in [0.1, 0.15) is 12.0 Å². The number of aliphatic hydroxyl groups is 1. The fraction of sp³-hybridized carbons (Fsp3) is 0.514. The molecule has 270 valence electrons. The molecule has 1 amide bonds. The lowest BCUT2D eigenvalue weighted by Crippen LogP contribution is -2.51. The molecule has 4 rings (SSSR count). The summed E-state index contributed by atoms with van der Waals surface area (Å²) in [6.07, 6.45) is 1.45. The van der Waals surface area contributed by atoms with Crippen LogP contribution in [0, 0.1) is 5.92 Å². The molecule has 0 radical (unpaired) electrons. The fourth-order valence-electron chi connectivity index (χ4n) is 4.85. The van der Waals surface area contributed by atoms with Crippen LogP contribution < -0.4 is 24.3 Å². The number of aliphatic hydroxyl groups excluding tert-OH is 1. The Hall–Kier alpha value is -3.56. The Morgan fingerprint density at radius 2 is 1.71 bits per heavy atom. The number of amides is 1. The van der Waals surface area contributed by atoms with Crippen molar-refractivity contribution in [3.63, 3.8) is 0 Å². The first kappa shape index (κ1) is 38.2. The van der Waals surface area contributed by atoms with Crippen molar-refractivity contribution in [3.05, 3.63) is 66.6 Å². The summed E-state index contributed by atoms with van der Waals surface area (Å²) in [4.78, 5) is 12.9. The summed E-state index contributed by atoms with van der Waals surface area (Å²) in [6, 6.07) is 12.3. The SMILES string of the molecule is CC(C)CN(C[C@H](O)[C@H](Cc1ccc(OCCCO[Si](C)(C)C(C)(C)C)cc1)NC(=O)Oc1ccoc1)S(=O)(=O)c1ccc2c(c1)OCO2. The minimum Gasteiger partial charge on any atom is -0.494 e. The molecular formula is C35H50N2O10SSi. The average molecular weight is 719 g/mol. The van der Waals surface area contributed by atoms with Gasteiger partial charge in [0.15, 0.2) is 25.6 Å². The largest absolute Gasteiger partial charge is 0.494 e. The number of hydrogen-bond acceptors (Lipinski definition) is 10. The third-order valence-electron chi connectivity index (χ3n) is 8.62. The topological polar surface area (TPSA) is 146 Å². The van der Waals surface area contributed by atoms with Gasteiger partial charge < -0.3 is 38.2 Å². The van der Waals surface area contributed by atoms with Crippen molar-refractivity contribution in [1.29, 1.82) is 0 Å². The minimum atomic E-state index is -4.07. The van der Waals surface area contributed by atoms with Gasteiger partial charge in [-0.05, 0) is 60.3 Å². The Kier molecular flexibility index (Phi) is 12.8. The maximum Gasteiger partial charge on any atom is 0.413 e. The third-order valence-corrected chi connectivity index (χ3v) is 15.0. The van der Waals surface area contributed by atoms with Gasteiger partial charge in [-0.15, -0.1) is 0 Å². The standard InChI is InChI=1S/C35H50N2O10SSi/c1-25(2)21-37(48(40,41)29-13-14-32-33(20-29)45-24-44-32)22-31(38)30(36-34(39)47-28-15-18-42-23-28)19-26-9-11-27(12-10-26)43-16-8-17-46-49(6,7)35(3,4)5/h9-15,18,20,23,25,30-31,38H,8,16-17,19,21-22,24H2,1-7H3,(H,36,39)/t30-,31-/m0/s1. The van der Waals surface area contributed by atoms with Crippen LogP contribution in [0.1, 0.15) is 46.6 Å². The molecule has 2 heterocycles. The monoisotopic (exact) mass is 718 g/mol. The molecule has 0 spiro atoms. The Morgan fingerprint density at radius 1 is 1.00 bits per heavy atom. The van der Waals surface area contributed by atoms with Crippen LogP contribution in [-0.2, 0) is 20.9 Å².